The predicted octanol–water partition coefficient (Wildman–Crippen LogP) is 4.97. The number of nitrogens with zero attached hydrogens (tertiary/aromatic N) is 2. The standard InChI is InChI=1S/C16H16ClN3O2S2/c1-16(2,3)12-7-23-14(19-12)20-13(21)8-24-15-18-10-6-9(17)4-5-11(10)22-15/h4-7H,8H2,1-3H3,(H,19,20,21). The van der Waals surface area contributed by atoms with Gasteiger partial charge in [0.25, 0.3) is 5.22 Å². The minimum atomic E-state index is -0.143. The van der Waals surface area contributed by atoms with Gasteiger partial charge in [0.05, 0.1) is 11.4 Å². The van der Waals surface area contributed by atoms with Crippen molar-refractivity contribution in [2.24, 2.45) is 0 Å². The van der Waals surface area contributed by atoms with E-state index in [2.05, 4.69) is 36.1 Å². The summed E-state index contributed by atoms with van der Waals surface area (Å²) in [5.41, 5.74) is 2.26. The Morgan fingerprint density at radius 2 is 2.17 bits per heavy atom. The Hall–Kier alpha value is -1.57. The number of halogens is 1. The Bertz CT molecular complexity index is 883. The third-order valence-corrected chi connectivity index (χ3v) is 5.00. The highest BCUT2D eigenvalue weighted by molar-refractivity contribution is 7.99. The zero-order valence-electron chi connectivity index (χ0n) is 13.4. The van der Waals surface area contributed by atoms with Crippen molar-refractivity contribution >= 4 is 56.8 Å². The van der Waals surface area contributed by atoms with E-state index >= 15 is 0 Å². The van der Waals surface area contributed by atoms with Crippen molar-refractivity contribution < 1.29 is 9.21 Å². The second-order valence-electron chi connectivity index (χ2n) is 6.22. The Morgan fingerprint density at radius 3 is 2.88 bits per heavy atom. The number of amides is 1. The van der Waals surface area contributed by atoms with Crippen LogP contribution < -0.4 is 5.32 Å². The largest absolute Gasteiger partial charge is 0.431 e. The fraction of sp³-hybridized carbons (Fsp3) is 0.312. The number of nitrogens with one attached hydrogen (secondary N) is 1. The summed E-state index contributed by atoms with van der Waals surface area (Å²) in [4.78, 5) is 20.8. The van der Waals surface area contributed by atoms with Gasteiger partial charge in [-0.2, -0.15) is 0 Å². The van der Waals surface area contributed by atoms with E-state index < -0.39 is 0 Å². The summed E-state index contributed by atoms with van der Waals surface area (Å²) >= 11 is 8.58. The van der Waals surface area contributed by atoms with E-state index in [1.807, 2.05) is 5.38 Å². The van der Waals surface area contributed by atoms with E-state index in [-0.39, 0.29) is 17.1 Å². The molecule has 0 bridgehead atoms. The molecule has 0 fully saturated rings. The molecule has 24 heavy (non-hydrogen) atoms. The maximum absolute atomic E-state index is 12.1. The first-order valence-electron chi connectivity index (χ1n) is 7.26. The third-order valence-electron chi connectivity index (χ3n) is 3.18. The number of hydrogen-bond acceptors (Lipinski definition) is 6. The first-order valence-corrected chi connectivity index (χ1v) is 9.50. The van der Waals surface area contributed by atoms with E-state index in [1.54, 1.807) is 18.2 Å². The van der Waals surface area contributed by atoms with Crippen LogP contribution >= 0.6 is 34.7 Å². The molecule has 0 aliphatic heterocycles. The lowest BCUT2D eigenvalue weighted by Crippen LogP contribution is -2.15. The number of fused-ring (bicyclic) bond motifs is 1. The summed E-state index contributed by atoms with van der Waals surface area (Å²) in [5.74, 6) is 0.0560. The summed E-state index contributed by atoms with van der Waals surface area (Å²) in [6.45, 7) is 6.26. The molecule has 0 saturated carbocycles. The number of thioether (sulfide) groups is 1. The summed E-state index contributed by atoms with van der Waals surface area (Å²) in [5, 5.41) is 6.42. The van der Waals surface area contributed by atoms with Crippen molar-refractivity contribution in [1.82, 2.24) is 9.97 Å². The van der Waals surface area contributed by atoms with Crippen LogP contribution in [0, 0.1) is 0 Å². The van der Waals surface area contributed by atoms with Gasteiger partial charge in [0.15, 0.2) is 10.7 Å². The highest BCUT2D eigenvalue weighted by atomic mass is 35.5. The second kappa shape index (κ2) is 6.74. The highest BCUT2D eigenvalue weighted by Crippen LogP contribution is 2.28. The maximum atomic E-state index is 12.1. The molecule has 0 radical (unpaired) electrons. The zero-order valence-corrected chi connectivity index (χ0v) is 15.8. The molecule has 8 heteroatoms. The third kappa shape index (κ3) is 4.09. The summed E-state index contributed by atoms with van der Waals surface area (Å²) in [7, 11) is 0. The summed E-state index contributed by atoms with van der Waals surface area (Å²) in [6.07, 6.45) is 0. The normalized spacial score (nSPS) is 11.8. The molecule has 0 aliphatic carbocycles. The van der Waals surface area contributed by atoms with Gasteiger partial charge in [-0.25, -0.2) is 9.97 Å². The lowest BCUT2D eigenvalue weighted by molar-refractivity contribution is -0.113. The Labute approximate surface area is 152 Å². The van der Waals surface area contributed by atoms with Gasteiger partial charge in [-0.1, -0.05) is 44.1 Å². The molecule has 0 spiro atoms. The molecule has 0 atom stereocenters. The van der Waals surface area contributed by atoms with Gasteiger partial charge in [-0.05, 0) is 18.2 Å². The van der Waals surface area contributed by atoms with E-state index in [4.69, 9.17) is 16.0 Å². The fourth-order valence-electron chi connectivity index (χ4n) is 1.90. The molecule has 0 saturated heterocycles. The molecular formula is C16H16ClN3O2S2. The average molecular weight is 382 g/mol. The van der Waals surface area contributed by atoms with Gasteiger partial charge < -0.3 is 9.73 Å². The fourth-order valence-corrected chi connectivity index (χ4v) is 3.66. The molecule has 5 nitrogen and oxygen atoms in total. The van der Waals surface area contributed by atoms with Gasteiger partial charge in [0.2, 0.25) is 5.91 Å². The van der Waals surface area contributed by atoms with E-state index in [0.717, 1.165) is 5.69 Å². The number of carbonyl (C=O) groups is 1. The predicted molar refractivity (Wildman–Crippen MR) is 99.2 cm³/mol. The number of anilines is 1. The number of hydrogen-bond donors (Lipinski definition) is 1. The Kier molecular flexibility index (Phi) is 4.85. The van der Waals surface area contributed by atoms with Crippen molar-refractivity contribution in [2.75, 3.05) is 11.1 Å². The molecule has 3 aromatic rings. The topological polar surface area (TPSA) is 68.0 Å². The summed E-state index contributed by atoms with van der Waals surface area (Å²) in [6, 6.07) is 5.23. The van der Waals surface area contributed by atoms with Crippen LogP contribution in [0.5, 0.6) is 0 Å². The van der Waals surface area contributed by atoms with Gasteiger partial charge in [0, 0.05) is 15.8 Å². The minimum absolute atomic E-state index is 0.0340. The quantitative estimate of drug-likeness (QED) is 0.646. The van der Waals surface area contributed by atoms with Gasteiger partial charge in [-0.3, -0.25) is 4.79 Å². The first kappa shape index (κ1) is 17.3. The van der Waals surface area contributed by atoms with E-state index in [0.29, 0.717) is 26.5 Å². The number of benzene rings is 1. The number of rotatable bonds is 4. The van der Waals surface area contributed by atoms with Crippen LogP contribution in [-0.2, 0) is 10.2 Å². The zero-order chi connectivity index (χ0) is 17.3. The molecule has 1 amide bonds. The molecule has 0 aliphatic rings. The van der Waals surface area contributed by atoms with E-state index in [1.165, 1.54) is 23.1 Å². The number of oxazole rings is 1. The summed E-state index contributed by atoms with van der Waals surface area (Å²) < 4.78 is 5.57. The van der Waals surface area contributed by atoms with Crippen LogP contribution in [0.3, 0.4) is 0 Å². The Morgan fingerprint density at radius 1 is 1.38 bits per heavy atom. The average Bonchev–Trinajstić information content (AvgIpc) is 3.10. The van der Waals surface area contributed by atoms with Crippen molar-refractivity contribution in [3.05, 3.63) is 34.3 Å². The van der Waals surface area contributed by atoms with Crippen molar-refractivity contribution in [3.8, 4) is 0 Å². The lowest BCUT2D eigenvalue weighted by Gasteiger charge is -2.14. The van der Waals surface area contributed by atoms with Crippen LogP contribution in [0.2, 0.25) is 5.02 Å². The monoisotopic (exact) mass is 381 g/mol. The van der Waals surface area contributed by atoms with Crippen LogP contribution in [0.15, 0.2) is 33.2 Å². The van der Waals surface area contributed by atoms with Crippen molar-refractivity contribution in [2.45, 2.75) is 31.4 Å². The van der Waals surface area contributed by atoms with Crippen LogP contribution in [0.1, 0.15) is 26.5 Å². The number of thiazole rings is 1. The van der Waals surface area contributed by atoms with Crippen LogP contribution in [0.25, 0.3) is 11.1 Å². The van der Waals surface area contributed by atoms with Gasteiger partial charge in [0.1, 0.15) is 5.52 Å². The van der Waals surface area contributed by atoms with Crippen LogP contribution in [0.4, 0.5) is 5.13 Å². The maximum Gasteiger partial charge on any atom is 0.257 e. The molecular weight excluding hydrogens is 366 g/mol. The Balaban J connectivity index is 1.59. The first-order chi connectivity index (χ1) is 11.3. The van der Waals surface area contributed by atoms with Crippen LogP contribution in [-0.4, -0.2) is 21.6 Å². The minimum Gasteiger partial charge on any atom is -0.431 e. The number of aromatic nitrogens is 2. The molecule has 0 unspecified atom stereocenters. The molecule has 3 rings (SSSR count). The molecule has 2 aromatic heterocycles. The lowest BCUT2D eigenvalue weighted by atomic mass is 9.93. The number of carbonyl (C=O) groups excluding carboxylic acids is 1. The van der Waals surface area contributed by atoms with Crippen molar-refractivity contribution in [1.29, 1.82) is 0 Å². The molecule has 126 valence electrons. The van der Waals surface area contributed by atoms with Gasteiger partial charge >= 0.3 is 0 Å². The molecule has 1 aromatic carbocycles. The van der Waals surface area contributed by atoms with Gasteiger partial charge in [-0.15, -0.1) is 11.3 Å². The second-order valence-corrected chi connectivity index (χ2v) is 8.44. The molecule has 2 heterocycles. The SMILES string of the molecule is CC(C)(C)c1csc(NC(=O)CSc2nc3cc(Cl)ccc3o2)n1. The molecule has 1 N–H and O–H groups in total. The van der Waals surface area contributed by atoms with Crippen molar-refractivity contribution in [3.63, 3.8) is 0 Å². The van der Waals surface area contributed by atoms with E-state index in [9.17, 15) is 4.79 Å². The smallest absolute Gasteiger partial charge is 0.257 e. The highest BCUT2D eigenvalue weighted by Gasteiger charge is 2.18.